The van der Waals surface area contributed by atoms with Gasteiger partial charge in [-0.25, -0.2) is 9.97 Å². The molecule has 2 saturated heterocycles. The van der Waals surface area contributed by atoms with Gasteiger partial charge in [-0.05, 0) is 18.1 Å². The average Bonchev–Trinajstić information content (AvgIpc) is 3.27. The standard InChI is InChI=1S/C24H43N5O4Si2.HI/c1-22(2,3)34(10,11)32-18-17-15(12-30-35(33-17,23(4,5)6)24(7,8)9)31-21(18)29-14-28-16-19(25)26-13-27-20(16)29;/h13-15,17-18,21H,12H2,1-11H3,(H2,25,26,27);1H/t15-,17-,18-,21-;/m1./s1. The van der Waals surface area contributed by atoms with Crippen molar-refractivity contribution < 1.29 is 47.0 Å². The first-order chi connectivity index (χ1) is 15.9. The zero-order valence-corrected chi connectivity index (χ0v) is 27.8. The molecule has 4 rings (SSSR count). The Hall–Kier alpha value is -0.646. The number of aromatic nitrogens is 4. The van der Waals surface area contributed by atoms with Crippen LogP contribution in [0.4, 0.5) is 5.82 Å². The van der Waals surface area contributed by atoms with Crippen molar-refractivity contribution in [1.82, 2.24) is 14.5 Å². The number of anilines is 1. The molecule has 2 aromatic rings. The Morgan fingerprint density at radius 3 is 2.25 bits per heavy atom. The molecule has 4 heterocycles. The number of aromatic amines is 1. The Balaban J connectivity index is 0.00000361. The highest BCUT2D eigenvalue weighted by molar-refractivity contribution is 6.74. The zero-order chi connectivity index (χ0) is 26.2. The maximum atomic E-state index is 7.17. The summed E-state index contributed by atoms with van der Waals surface area (Å²) in [5.41, 5.74) is 7.47. The SMILES string of the molecule is CC(C)(C)[Si](C)(C)O[C@@H]1[C@@H]2O[Si](C(C)(C)C)(C(C)(C)C)OC[C@H]2O[C@H]1n1c[nH+]c2c(N)ncnc21.[I-]. The number of rotatable bonds is 3. The molecule has 3 N–H and O–H groups in total. The highest BCUT2D eigenvalue weighted by Gasteiger charge is 2.66. The summed E-state index contributed by atoms with van der Waals surface area (Å²) < 4.78 is 29.6. The number of halogens is 1. The Labute approximate surface area is 234 Å². The van der Waals surface area contributed by atoms with Gasteiger partial charge in [-0.1, -0.05) is 62.3 Å². The fraction of sp³-hybridized carbons (Fsp3) is 0.792. The lowest BCUT2D eigenvalue weighted by molar-refractivity contribution is -0.347. The summed E-state index contributed by atoms with van der Waals surface area (Å²) >= 11 is 0. The molecule has 0 aliphatic carbocycles. The van der Waals surface area contributed by atoms with E-state index in [1.807, 2.05) is 10.9 Å². The first-order valence-electron chi connectivity index (χ1n) is 12.5. The van der Waals surface area contributed by atoms with Crippen molar-refractivity contribution in [2.75, 3.05) is 12.3 Å². The number of nitrogens with one attached hydrogen (secondary N) is 1. The summed E-state index contributed by atoms with van der Waals surface area (Å²) in [6.45, 7) is 25.2. The van der Waals surface area contributed by atoms with Gasteiger partial charge in [0.05, 0.1) is 6.61 Å². The summed E-state index contributed by atoms with van der Waals surface area (Å²) in [7, 11) is -4.90. The van der Waals surface area contributed by atoms with Crippen LogP contribution in [-0.2, 0) is 18.0 Å². The molecule has 204 valence electrons. The maximum Gasteiger partial charge on any atom is 0.349 e. The van der Waals surface area contributed by atoms with Gasteiger partial charge >= 0.3 is 8.56 Å². The van der Waals surface area contributed by atoms with Crippen LogP contribution in [0.1, 0.15) is 68.5 Å². The molecule has 2 aromatic heterocycles. The van der Waals surface area contributed by atoms with E-state index in [4.69, 9.17) is 23.7 Å². The van der Waals surface area contributed by atoms with Gasteiger partial charge in [0.1, 0.15) is 24.6 Å². The van der Waals surface area contributed by atoms with Crippen molar-refractivity contribution in [2.24, 2.45) is 0 Å². The van der Waals surface area contributed by atoms with Crippen LogP contribution in [0.3, 0.4) is 0 Å². The second-order valence-electron chi connectivity index (χ2n) is 13.6. The molecule has 0 aromatic carbocycles. The Bertz CT molecular complexity index is 1080. The highest BCUT2D eigenvalue weighted by Crippen LogP contribution is 2.56. The van der Waals surface area contributed by atoms with Gasteiger partial charge in [0.15, 0.2) is 14.1 Å². The van der Waals surface area contributed by atoms with Crippen LogP contribution in [0.25, 0.3) is 11.2 Å². The fourth-order valence-electron chi connectivity index (χ4n) is 5.30. The summed E-state index contributed by atoms with van der Waals surface area (Å²) in [4.78, 5) is 11.8. The lowest BCUT2D eigenvalue weighted by Crippen LogP contribution is -3.00. The minimum Gasteiger partial charge on any atom is -1.00 e. The number of nitrogens with two attached hydrogens (primary N) is 1. The fourth-order valence-corrected chi connectivity index (χ4v) is 11.5. The number of hydrogen-bond donors (Lipinski definition) is 1. The zero-order valence-electron chi connectivity index (χ0n) is 23.6. The molecule has 0 spiro atoms. The van der Waals surface area contributed by atoms with Crippen LogP contribution in [0.5, 0.6) is 0 Å². The molecule has 0 saturated carbocycles. The van der Waals surface area contributed by atoms with E-state index in [1.165, 1.54) is 6.33 Å². The predicted molar refractivity (Wildman–Crippen MR) is 140 cm³/mol. The molecular weight excluding hydrogens is 605 g/mol. The number of fused-ring (bicyclic) bond motifs is 2. The van der Waals surface area contributed by atoms with E-state index in [0.717, 1.165) is 0 Å². The van der Waals surface area contributed by atoms with E-state index in [0.29, 0.717) is 23.6 Å². The second-order valence-corrected chi connectivity index (χ2v) is 23.1. The largest absolute Gasteiger partial charge is 1.00 e. The Kier molecular flexibility index (Phi) is 7.91. The van der Waals surface area contributed by atoms with Crippen molar-refractivity contribution >= 4 is 33.9 Å². The summed E-state index contributed by atoms with van der Waals surface area (Å²) in [5.74, 6) is 0.400. The average molecular weight is 650 g/mol. The molecule has 0 radical (unpaired) electrons. The molecule has 0 unspecified atom stereocenters. The van der Waals surface area contributed by atoms with Crippen LogP contribution >= 0.6 is 0 Å². The molecular formula is C24H44IN5O4Si2. The highest BCUT2D eigenvalue weighted by atomic mass is 127. The molecule has 4 atom stereocenters. The van der Waals surface area contributed by atoms with E-state index in [1.54, 1.807) is 0 Å². The van der Waals surface area contributed by atoms with Gasteiger partial charge in [0.25, 0.3) is 5.65 Å². The first kappa shape index (κ1) is 29.9. The molecule has 0 bridgehead atoms. The van der Waals surface area contributed by atoms with E-state index < -0.39 is 23.1 Å². The normalized spacial score (nSPS) is 27.1. The summed E-state index contributed by atoms with van der Waals surface area (Å²) in [6, 6.07) is 0. The first-order valence-corrected chi connectivity index (χ1v) is 17.3. The smallest absolute Gasteiger partial charge is 0.349 e. The van der Waals surface area contributed by atoms with Crippen LogP contribution in [0, 0.1) is 0 Å². The molecule has 36 heavy (non-hydrogen) atoms. The van der Waals surface area contributed by atoms with Crippen molar-refractivity contribution in [3.8, 4) is 0 Å². The van der Waals surface area contributed by atoms with Gasteiger partial charge in [-0.15, -0.1) is 0 Å². The number of imidazole rings is 1. The van der Waals surface area contributed by atoms with Gasteiger partial charge < -0.3 is 47.7 Å². The molecule has 2 aliphatic rings. The van der Waals surface area contributed by atoms with Crippen molar-refractivity contribution in [3.63, 3.8) is 0 Å². The van der Waals surface area contributed by atoms with Crippen LogP contribution in [0.15, 0.2) is 12.7 Å². The van der Waals surface area contributed by atoms with Crippen molar-refractivity contribution in [2.45, 2.75) is 115 Å². The van der Waals surface area contributed by atoms with Crippen LogP contribution in [-0.4, -0.2) is 56.3 Å². The van der Waals surface area contributed by atoms with Gasteiger partial charge in [-0.2, -0.15) is 9.55 Å². The van der Waals surface area contributed by atoms with Crippen molar-refractivity contribution in [3.05, 3.63) is 12.7 Å². The monoisotopic (exact) mass is 649 g/mol. The molecule has 12 heteroatoms. The number of hydrogen-bond acceptors (Lipinski definition) is 7. The Morgan fingerprint density at radius 1 is 1.08 bits per heavy atom. The third-order valence-corrected chi connectivity index (χ3v) is 17.6. The van der Waals surface area contributed by atoms with Crippen LogP contribution < -0.4 is 34.7 Å². The lowest BCUT2D eigenvalue weighted by atomic mass is 10.1. The molecule has 9 nitrogen and oxygen atoms in total. The number of nitrogen functional groups attached to an aromatic ring is 1. The number of nitrogens with zero attached hydrogens (tertiary/aromatic N) is 3. The molecule has 2 fully saturated rings. The third-order valence-electron chi connectivity index (χ3n) is 7.97. The minimum absolute atomic E-state index is 0. The van der Waals surface area contributed by atoms with E-state index in [2.05, 4.69) is 90.4 Å². The Morgan fingerprint density at radius 2 is 1.69 bits per heavy atom. The topological polar surface area (TPSA) is 108 Å². The molecule has 0 amide bonds. The van der Waals surface area contributed by atoms with Gasteiger partial charge in [0, 0.05) is 10.1 Å². The third kappa shape index (κ3) is 4.79. The van der Waals surface area contributed by atoms with Crippen molar-refractivity contribution in [1.29, 1.82) is 0 Å². The van der Waals surface area contributed by atoms with E-state index in [-0.39, 0.29) is 57.4 Å². The summed E-state index contributed by atoms with van der Waals surface area (Å²) in [6.07, 6.45) is 2.09. The molecule has 2 aliphatic heterocycles. The predicted octanol–water partition coefficient (Wildman–Crippen LogP) is 1.58. The minimum atomic E-state index is -2.72. The quantitative estimate of drug-likeness (QED) is 0.398. The summed E-state index contributed by atoms with van der Waals surface area (Å²) in [5, 5.41) is -0.238. The van der Waals surface area contributed by atoms with E-state index >= 15 is 0 Å². The lowest BCUT2D eigenvalue weighted by Gasteiger charge is -2.54. The van der Waals surface area contributed by atoms with Crippen LogP contribution in [0.2, 0.25) is 28.2 Å². The number of H-pyrrole nitrogens is 1. The second kappa shape index (κ2) is 9.52. The number of ether oxygens (including phenoxy) is 1. The van der Waals surface area contributed by atoms with Gasteiger partial charge in [0.2, 0.25) is 18.1 Å². The van der Waals surface area contributed by atoms with Gasteiger partial charge in [-0.3, -0.25) is 0 Å². The van der Waals surface area contributed by atoms with E-state index in [9.17, 15) is 0 Å². The maximum absolute atomic E-state index is 7.17.